The Hall–Kier alpha value is -3.08. The van der Waals surface area contributed by atoms with Gasteiger partial charge in [0.1, 0.15) is 0 Å². The lowest BCUT2D eigenvalue weighted by Gasteiger charge is -2.12. The minimum absolute atomic E-state index is 0.316. The number of aromatic amines is 1. The third-order valence-corrected chi connectivity index (χ3v) is 5.43. The minimum Gasteiger partial charge on any atom is -0.452 e. The Morgan fingerprint density at radius 2 is 1.75 bits per heavy atom. The number of amides is 1. The number of fused-ring (bicyclic) bond motifs is 3. The summed E-state index contributed by atoms with van der Waals surface area (Å²) in [6.45, 7) is 3.55. The smallest absolute Gasteiger partial charge is 0.340 e. The lowest BCUT2D eigenvalue weighted by atomic mass is 9.95. The number of nitrogens with one attached hydrogen (secondary N) is 2. The summed E-state index contributed by atoms with van der Waals surface area (Å²) in [5.41, 5.74) is 6.53. The normalized spacial score (nSPS) is 13.2. The van der Waals surface area contributed by atoms with Gasteiger partial charge in [-0.2, -0.15) is 0 Å². The van der Waals surface area contributed by atoms with Gasteiger partial charge in [-0.1, -0.05) is 30.3 Å². The molecule has 2 N–H and O–H groups in total. The quantitative estimate of drug-likeness (QED) is 0.661. The molecule has 0 saturated heterocycles. The molecule has 0 fully saturated rings. The second-order valence-corrected chi connectivity index (χ2v) is 7.41. The van der Waals surface area contributed by atoms with E-state index in [1.54, 1.807) is 6.07 Å². The van der Waals surface area contributed by atoms with E-state index in [0.717, 1.165) is 47.0 Å². The van der Waals surface area contributed by atoms with Crippen molar-refractivity contribution in [2.75, 3.05) is 11.9 Å². The number of hydrogen-bond donors (Lipinski definition) is 2. The Balaban J connectivity index is 1.48. The zero-order valence-electron chi connectivity index (χ0n) is 16.2. The molecule has 28 heavy (non-hydrogen) atoms. The Labute approximate surface area is 164 Å². The largest absolute Gasteiger partial charge is 0.452 e. The monoisotopic (exact) mass is 376 g/mol. The summed E-state index contributed by atoms with van der Waals surface area (Å²) in [6.07, 6.45) is 4.38. The highest BCUT2D eigenvalue weighted by atomic mass is 16.5. The summed E-state index contributed by atoms with van der Waals surface area (Å²) in [6, 6.07) is 11.5. The van der Waals surface area contributed by atoms with Gasteiger partial charge in [0.15, 0.2) is 6.61 Å². The second kappa shape index (κ2) is 7.50. The van der Waals surface area contributed by atoms with Gasteiger partial charge in [0.2, 0.25) is 0 Å². The number of para-hydroxylation sites is 2. The highest BCUT2D eigenvalue weighted by molar-refractivity contribution is 6.05. The van der Waals surface area contributed by atoms with Crippen LogP contribution >= 0.6 is 0 Å². The fraction of sp³-hybridized carbons (Fsp3) is 0.304. The van der Waals surface area contributed by atoms with Crippen molar-refractivity contribution in [3.05, 3.63) is 64.3 Å². The van der Waals surface area contributed by atoms with E-state index in [0.29, 0.717) is 5.56 Å². The van der Waals surface area contributed by atoms with Crippen LogP contribution in [0.4, 0.5) is 5.69 Å². The standard InChI is InChI=1S/C23H24N2O3/c1-14-7-5-8-15(2)21(14)25-20(26)13-28-23(27)18-11-6-10-17-16-9-3-4-12-19(16)24-22(17)18/h5-8,10-11,24H,3-4,9,12-13H2,1-2H3,(H,25,26). The fourth-order valence-electron chi connectivity index (χ4n) is 4.00. The summed E-state index contributed by atoms with van der Waals surface area (Å²) in [4.78, 5) is 28.3. The molecule has 144 valence electrons. The molecule has 5 heteroatoms. The highest BCUT2D eigenvalue weighted by Gasteiger charge is 2.20. The molecule has 1 aliphatic rings. The maximum Gasteiger partial charge on any atom is 0.340 e. The zero-order chi connectivity index (χ0) is 19.7. The van der Waals surface area contributed by atoms with Crippen LogP contribution in [-0.4, -0.2) is 23.5 Å². The van der Waals surface area contributed by atoms with Gasteiger partial charge in [0.25, 0.3) is 5.91 Å². The van der Waals surface area contributed by atoms with E-state index in [-0.39, 0.29) is 12.5 Å². The highest BCUT2D eigenvalue weighted by Crippen LogP contribution is 2.31. The van der Waals surface area contributed by atoms with Crippen LogP contribution in [0.3, 0.4) is 0 Å². The van der Waals surface area contributed by atoms with Crippen molar-refractivity contribution in [2.45, 2.75) is 39.5 Å². The first-order chi connectivity index (χ1) is 13.5. The van der Waals surface area contributed by atoms with Crippen LogP contribution in [0.5, 0.6) is 0 Å². The van der Waals surface area contributed by atoms with Gasteiger partial charge in [0.05, 0.1) is 11.1 Å². The van der Waals surface area contributed by atoms with E-state index in [1.165, 1.54) is 17.7 Å². The number of carbonyl (C=O) groups is 2. The van der Waals surface area contributed by atoms with Crippen LogP contribution in [-0.2, 0) is 22.4 Å². The predicted octanol–water partition coefficient (Wildman–Crippen LogP) is 4.46. The molecule has 5 nitrogen and oxygen atoms in total. The van der Waals surface area contributed by atoms with Crippen molar-refractivity contribution in [3.63, 3.8) is 0 Å². The molecule has 2 aromatic carbocycles. The molecular weight excluding hydrogens is 352 g/mol. The molecule has 4 rings (SSSR count). The Bertz CT molecular complexity index is 1040. The van der Waals surface area contributed by atoms with E-state index in [1.807, 2.05) is 44.2 Å². The maximum atomic E-state index is 12.6. The Kier molecular flexibility index (Phi) is 4.90. The lowest BCUT2D eigenvalue weighted by Crippen LogP contribution is -2.22. The molecule has 0 aliphatic heterocycles. The van der Waals surface area contributed by atoms with Gasteiger partial charge in [-0.25, -0.2) is 4.79 Å². The molecule has 0 radical (unpaired) electrons. The van der Waals surface area contributed by atoms with Crippen LogP contribution in [0, 0.1) is 13.8 Å². The molecule has 1 aliphatic carbocycles. The molecule has 0 unspecified atom stereocenters. The molecule has 0 atom stereocenters. The average molecular weight is 376 g/mol. The first-order valence-electron chi connectivity index (χ1n) is 9.70. The van der Waals surface area contributed by atoms with Crippen LogP contribution < -0.4 is 5.32 Å². The number of rotatable bonds is 4. The number of hydrogen-bond acceptors (Lipinski definition) is 3. The van der Waals surface area contributed by atoms with E-state index in [9.17, 15) is 9.59 Å². The van der Waals surface area contributed by atoms with Crippen molar-refractivity contribution >= 4 is 28.5 Å². The summed E-state index contributed by atoms with van der Waals surface area (Å²) in [7, 11) is 0. The number of benzene rings is 2. The van der Waals surface area contributed by atoms with Gasteiger partial charge < -0.3 is 15.0 Å². The summed E-state index contributed by atoms with van der Waals surface area (Å²) >= 11 is 0. The number of aromatic nitrogens is 1. The zero-order valence-corrected chi connectivity index (χ0v) is 16.2. The van der Waals surface area contributed by atoms with E-state index in [4.69, 9.17) is 4.74 Å². The number of carbonyl (C=O) groups excluding carboxylic acids is 2. The van der Waals surface area contributed by atoms with Crippen LogP contribution in [0.2, 0.25) is 0 Å². The first-order valence-corrected chi connectivity index (χ1v) is 9.70. The summed E-state index contributed by atoms with van der Waals surface area (Å²) in [5, 5.41) is 3.93. The molecule has 0 saturated carbocycles. The first kappa shape index (κ1) is 18.3. The lowest BCUT2D eigenvalue weighted by molar-refractivity contribution is -0.119. The Morgan fingerprint density at radius 3 is 2.54 bits per heavy atom. The molecule has 0 bridgehead atoms. The number of aryl methyl sites for hydroxylation is 4. The fourth-order valence-corrected chi connectivity index (χ4v) is 4.00. The number of esters is 1. The van der Waals surface area contributed by atoms with Crippen molar-refractivity contribution in [1.82, 2.24) is 4.98 Å². The van der Waals surface area contributed by atoms with Crippen LogP contribution in [0.15, 0.2) is 36.4 Å². The second-order valence-electron chi connectivity index (χ2n) is 7.41. The van der Waals surface area contributed by atoms with Gasteiger partial charge in [-0.15, -0.1) is 0 Å². The molecular formula is C23H24N2O3. The summed E-state index contributed by atoms with van der Waals surface area (Å²) in [5.74, 6) is -0.829. The van der Waals surface area contributed by atoms with Gasteiger partial charge in [-0.05, 0) is 62.3 Å². The number of anilines is 1. The topological polar surface area (TPSA) is 71.2 Å². The molecule has 1 heterocycles. The Morgan fingerprint density at radius 1 is 1.04 bits per heavy atom. The molecule has 0 spiro atoms. The van der Waals surface area contributed by atoms with Crippen molar-refractivity contribution < 1.29 is 14.3 Å². The number of ether oxygens (including phenoxy) is 1. The average Bonchev–Trinajstić information content (AvgIpc) is 3.08. The van der Waals surface area contributed by atoms with Crippen LogP contribution in [0.1, 0.15) is 45.6 Å². The molecule has 1 amide bonds. The summed E-state index contributed by atoms with van der Waals surface area (Å²) < 4.78 is 5.31. The molecule has 1 aromatic heterocycles. The van der Waals surface area contributed by atoms with E-state index >= 15 is 0 Å². The third-order valence-electron chi connectivity index (χ3n) is 5.43. The van der Waals surface area contributed by atoms with Crippen molar-refractivity contribution in [1.29, 1.82) is 0 Å². The van der Waals surface area contributed by atoms with Crippen molar-refractivity contribution in [3.8, 4) is 0 Å². The SMILES string of the molecule is Cc1cccc(C)c1NC(=O)COC(=O)c1cccc2c3c([nH]c12)CCCC3. The molecule has 3 aromatic rings. The van der Waals surface area contributed by atoms with E-state index in [2.05, 4.69) is 10.3 Å². The van der Waals surface area contributed by atoms with Gasteiger partial charge in [-0.3, -0.25) is 4.79 Å². The maximum absolute atomic E-state index is 12.6. The minimum atomic E-state index is -0.485. The predicted molar refractivity (Wildman–Crippen MR) is 110 cm³/mol. The number of H-pyrrole nitrogens is 1. The van der Waals surface area contributed by atoms with Crippen LogP contribution in [0.25, 0.3) is 10.9 Å². The van der Waals surface area contributed by atoms with Crippen molar-refractivity contribution in [2.24, 2.45) is 0 Å². The third kappa shape index (κ3) is 3.40. The van der Waals surface area contributed by atoms with E-state index < -0.39 is 5.97 Å². The van der Waals surface area contributed by atoms with Gasteiger partial charge >= 0.3 is 5.97 Å². The van der Waals surface area contributed by atoms with Gasteiger partial charge in [0, 0.05) is 16.8 Å².